The molecular weight excluding hydrogens is 298 g/mol. The van der Waals surface area contributed by atoms with E-state index in [0.29, 0.717) is 17.3 Å². The van der Waals surface area contributed by atoms with Gasteiger partial charge >= 0.3 is 0 Å². The highest BCUT2D eigenvalue weighted by molar-refractivity contribution is 7.92. The Labute approximate surface area is 123 Å². The molecule has 5 nitrogen and oxygen atoms in total. The van der Waals surface area contributed by atoms with Crippen molar-refractivity contribution in [2.45, 2.75) is 6.54 Å². The average Bonchev–Trinajstić information content (AvgIpc) is 2.74. The van der Waals surface area contributed by atoms with E-state index in [1.165, 1.54) is 0 Å². The normalized spacial score (nSPS) is 11.3. The predicted molar refractivity (Wildman–Crippen MR) is 82.7 cm³/mol. The maximum Gasteiger partial charge on any atom is 0.229 e. The Morgan fingerprint density at radius 1 is 1.30 bits per heavy atom. The SMILES string of the molecule is Cn1cccc1CNc1ccc(NS(C)(=O)=O)c(Cl)c1. The van der Waals surface area contributed by atoms with Gasteiger partial charge in [0.2, 0.25) is 10.0 Å². The number of rotatable bonds is 5. The lowest BCUT2D eigenvalue weighted by Gasteiger charge is -2.11. The van der Waals surface area contributed by atoms with E-state index < -0.39 is 10.0 Å². The minimum absolute atomic E-state index is 0.354. The first kappa shape index (κ1) is 14.7. The highest BCUT2D eigenvalue weighted by Crippen LogP contribution is 2.26. The highest BCUT2D eigenvalue weighted by Gasteiger charge is 2.07. The maximum atomic E-state index is 11.2. The molecule has 0 fully saturated rings. The third-order valence-electron chi connectivity index (χ3n) is 2.79. The molecule has 0 atom stereocenters. The van der Waals surface area contributed by atoms with Crippen molar-refractivity contribution >= 4 is 33.0 Å². The zero-order chi connectivity index (χ0) is 14.8. The molecule has 0 aliphatic carbocycles. The minimum atomic E-state index is -3.32. The number of nitrogens with one attached hydrogen (secondary N) is 2. The number of hydrogen-bond acceptors (Lipinski definition) is 3. The lowest BCUT2D eigenvalue weighted by Crippen LogP contribution is -2.10. The summed E-state index contributed by atoms with van der Waals surface area (Å²) in [4.78, 5) is 0. The molecule has 1 aromatic carbocycles. The zero-order valence-electron chi connectivity index (χ0n) is 11.2. The lowest BCUT2D eigenvalue weighted by molar-refractivity contribution is 0.607. The number of hydrogen-bond donors (Lipinski definition) is 2. The van der Waals surface area contributed by atoms with Crippen LogP contribution in [0, 0.1) is 0 Å². The van der Waals surface area contributed by atoms with Crippen molar-refractivity contribution in [3.63, 3.8) is 0 Å². The molecule has 2 rings (SSSR count). The monoisotopic (exact) mass is 313 g/mol. The zero-order valence-corrected chi connectivity index (χ0v) is 12.8. The van der Waals surface area contributed by atoms with Crippen LogP contribution in [0.15, 0.2) is 36.5 Å². The second kappa shape index (κ2) is 5.76. The van der Waals surface area contributed by atoms with Crippen LogP contribution in [0.5, 0.6) is 0 Å². The fraction of sp³-hybridized carbons (Fsp3) is 0.231. The summed E-state index contributed by atoms with van der Waals surface area (Å²) in [5.41, 5.74) is 2.34. The first-order valence-corrected chi connectivity index (χ1v) is 8.23. The summed E-state index contributed by atoms with van der Waals surface area (Å²) >= 11 is 6.06. The van der Waals surface area contributed by atoms with E-state index in [-0.39, 0.29) is 0 Å². The second-order valence-electron chi connectivity index (χ2n) is 4.53. The van der Waals surface area contributed by atoms with E-state index in [1.807, 2.05) is 29.9 Å². The smallest absolute Gasteiger partial charge is 0.229 e. The molecule has 0 spiro atoms. The van der Waals surface area contributed by atoms with Gasteiger partial charge in [-0.15, -0.1) is 0 Å². The van der Waals surface area contributed by atoms with E-state index in [1.54, 1.807) is 18.2 Å². The van der Waals surface area contributed by atoms with Gasteiger partial charge in [0.15, 0.2) is 0 Å². The van der Waals surface area contributed by atoms with Crippen molar-refractivity contribution in [3.8, 4) is 0 Å². The van der Waals surface area contributed by atoms with Crippen LogP contribution in [0.4, 0.5) is 11.4 Å². The molecular formula is C13H16ClN3O2S. The fourth-order valence-corrected chi connectivity index (χ4v) is 2.64. The van der Waals surface area contributed by atoms with E-state index in [2.05, 4.69) is 10.0 Å². The van der Waals surface area contributed by atoms with E-state index in [0.717, 1.165) is 17.6 Å². The van der Waals surface area contributed by atoms with Crippen molar-refractivity contribution in [2.75, 3.05) is 16.3 Å². The number of benzene rings is 1. The second-order valence-corrected chi connectivity index (χ2v) is 6.69. The predicted octanol–water partition coefficient (Wildman–Crippen LogP) is 2.66. The number of aryl methyl sites for hydroxylation is 1. The molecule has 1 aromatic heterocycles. The lowest BCUT2D eigenvalue weighted by atomic mass is 10.3. The molecule has 0 aliphatic heterocycles. The van der Waals surface area contributed by atoms with Gasteiger partial charge < -0.3 is 9.88 Å². The Bertz CT molecular complexity index is 710. The van der Waals surface area contributed by atoms with Crippen LogP contribution >= 0.6 is 11.6 Å². The molecule has 2 aromatic rings. The summed E-state index contributed by atoms with van der Waals surface area (Å²) < 4.78 is 26.7. The first-order chi connectivity index (χ1) is 9.35. The van der Waals surface area contributed by atoms with Gasteiger partial charge in [-0.2, -0.15) is 0 Å². The summed E-state index contributed by atoms with van der Waals surface area (Å²) in [6.07, 6.45) is 3.06. The van der Waals surface area contributed by atoms with Crippen molar-refractivity contribution in [1.29, 1.82) is 0 Å². The summed E-state index contributed by atoms with van der Waals surface area (Å²) in [6.45, 7) is 0.665. The summed E-state index contributed by atoms with van der Waals surface area (Å²) in [5.74, 6) is 0. The van der Waals surface area contributed by atoms with Crippen molar-refractivity contribution in [2.24, 2.45) is 7.05 Å². The molecule has 0 unspecified atom stereocenters. The largest absolute Gasteiger partial charge is 0.379 e. The van der Waals surface area contributed by atoms with Crippen LogP contribution in [-0.2, 0) is 23.6 Å². The Hall–Kier alpha value is -1.66. The van der Waals surface area contributed by atoms with Gasteiger partial charge in [-0.3, -0.25) is 4.72 Å². The molecule has 2 N–H and O–H groups in total. The van der Waals surface area contributed by atoms with Crippen LogP contribution in [0.3, 0.4) is 0 Å². The van der Waals surface area contributed by atoms with Crippen LogP contribution in [-0.4, -0.2) is 19.2 Å². The van der Waals surface area contributed by atoms with Crippen LogP contribution < -0.4 is 10.0 Å². The maximum absolute atomic E-state index is 11.2. The molecule has 0 amide bonds. The van der Waals surface area contributed by atoms with E-state index >= 15 is 0 Å². The first-order valence-electron chi connectivity index (χ1n) is 5.96. The van der Waals surface area contributed by atoms with Crippen molar-refractivity contribution < 1.29 is 8.42 Å². The number of aromatic nitrogens is 1. The van der Waals surface area contributed by atoms with Gasteiger partial charge in [0.25, 0.3) is 0 Å². The summed E-state index contributed by atoms with van der Waals surface area (Å²) in [7, 11) is -1.35. The van der Waals surface area contributed by atoms with Gasteiger partial charge in [0.1, 0.15) is 0 Å². The quantitative estimate of drug-likeness (QED) is 0.892. The molecule has 7 heteroatoms. The minimum Gasteiger partial charge on any atom is -0.379 e. The van der Waals surface area contributed by atoms with Crippen molar-refractivity contribution in [1.82, 2.24) is 4.57 Å². The summed E-state index contributed by atoms with van der Waals surface area (Å²) in [5, 5.41) is 3.59. The average molecular weight is 314 g/mol. The number of sulfonamides is 1. The number of anilines is 2. The molecule has 0 saturated carbocycles. The Kier molecular flexibility index (Phi) is 4.25. The Morgan fingerprint density at radius 3 is 2.60 bits per heavy atom. The Balaban J connectivity index is 2.07. The van der Waals surface area contributed by atoms with Gasteiger partial charge in [0.05, 0.1) is 23.5 Å². The van der Waals surface area contributed by atoms with E-state index in [4.69, 9.17) is 11.6 Å². The van der Waals surface area contributed by atoms with Gasteiger partial charge in [-0.1, -0.05) is 11.6 Å². The number of halogens is 1. The Morgan fingerprint density at radius 2 is 2.05 bits per heavy atom. The van der Waals surface area contributed by atoms with Crippen LogP contribution in [0.25, 0.3) is 0 Å². The van der Waals surface area contributed by atoms with Crippen LogP contribution in [0.1, 0.15) is 5.69 Å². The fourth-order valence-electron chi connectivity index (χ4n) is 1.78. The van der Waals surface area contributed by atoms with Crippen LogP contribution in [0.2, 0.25) is 5.02 Å². The highest BCUT2D eigenvalue weighted by atomic mass is 35.5. The molecule has 20 heavy (non-hydrogen) atoms. The third-order valence-corrected chi connectivity index (χ3v) is 3.69. The van der Waals surface area contributed by atoms with Gasteiger partial charge in [-0.05, 0) is 30.3 Å². The van der Waals surface area contributed by atoms with Gasteiger partial charge in [0, 0.05) is 24.6 Å². The summed E-state index contributed by atoms with van der Waals surface area (Å²) in [6, 6.07) is 9.11. The molecule has 0 radical (unpaired) electrons. The molecule has 0 saturated heterocycles. The molecule has 0 bridgehead atoms. The van der Waals surface area contributed by atoms with E-state index in [9.17, 15) is 8.42 Å². The van der Waals surface area contributed by atoms with Gasteiger partial charge in [-0.25, -0.2) is 8.42 Å². The topological polar surface area (TPSA) is 63.1 Å². The molecule has 108 valence electrons. The van der Waals surface area contributed by atoms with Crippen molar-refractivity contribution in [3.05, 3.63) is 47.2 Å². The standard InChI is InChI=1S/C13H16ClN3O2S/c1-17-7-3-4-11(17)9-15-10-5-6-13(12(14)8-10)16-20(2,18)19/h3-8,15-16H,9H2,1-2H3. The third kappa shape index (κ3) is 3.91. The molecule has 1 heterocycles. The molecule has 0 aliphatic rings. The number of nitrogens with zero attached hydrogens (tertiary/aromatic N) is 1.